The number of aliphatic carboxylic acids is 1. The van der Waals surface area contributed by atoms with Gasteiger partial charge in [-0.25, -0.2) is 4.98 Å². The molecule has 0 aliphatic carbocycles. The SMILES string of the molecule is O=C(O)CC#Cc1ccnc(Cl)c1Cl. The highest BCUT2D eigenvalue weighted by Gasteiger charge is 2.02. The Balaban J connectivity index is 2.90. The number of hydrogen-bond donors (Lipinski definition) is 1. The first kappa shape index (κ1) is 10.8. The lowest BCUT2D eigenvalue weighted by Crippen LogP contribution is -1.90. The maximum Gasteiger partial charge on any atom is 0.315 e. The molecule has 1 rings (SSSR count). The Morgan fingerprint density at radius 1 is 1.57 bits per heavy atom. The molecule has 1 N–H and O–H groups in total. The Hall–Kier alpha value is -1.24. The third kappa shape index (κ3) is 2.91. The first-order valence-corrected chi connectivity index (χ1v) is 4.37. The Labute approximate surface area is 90.7 Å². The van der Waals surface area contributed by atoms with Crippen LogP contribution in [0.1, 0.15) is 12.0 Å². The summed E-state index contributed by atoms with van der Waals surface area (Å²) in [5, 5.41) is 8.75. The van der Waals surface area contributed by atoms with Crippen LogP contribution in [-0.2, 0) is 4.79 Å². The summed E-state index contributed by atoms with van der Waals surface area (Å²) in [5.41, 5.74) is 0.480. The predicted octanol–water partition coefficient (Wildman–Crippen LogP) is 2.21. The van der Waals surface area contributed by atoms with Crippen molar-refractivity contribution in [3.63, 3.8) is 0 Å². The van der Waals surface area contributed by atoms with Crippen molar-refractivity contribution in [2.24, 2.45) is 0 Å². The van der Waals surface area contributed by atoms with Gasteiger partial charge in [-0.15, -0.1) is 0 Å². The van der Waals surface area contributed by atoms with Crippen LogP contribution < -0.4 is 0 Å². The lowest BCUT2D eigenvalue weighted by Gasteiger charge is -1.95. The number of carboxylic acids is 1. The van der Waals surface area contributed by atoms with E-state index in [2.05, 4.69) is 16.8 Å². The molecule has 0 fully saturated rings. The van der Waals surface area contributed by atoms with Crippen LogP contribution >= 0.6 is 23.2 Å². The van der Waals surface area contributed by atoms with Crippen LogP contribution in [0.25, 0.3) is 0 Å². The quantitative estimate of drug-likeness (QED) is 0.594. The summed E-state index contributed by atoms with van der Waals surface area (Å²) in [5.74, 6) is 4.07. The Morgan fingerprint density at radius 2 is 2.29 bits per heavy atom. The molecule has 0 aliphatic heterocycles. The van der Waals surface area contributed by atoms with Gasteiger partial charge in [0.15, 0.2) is 0 Å². The zero-order chi connectivity index (χ0) is 10.6. The molecular formula is C9H5Cl2NO2. The summed E-state index contributed by atoms with van der Waals surface area (Å²) in [6.07, 6.45) is 1.23. The fourth-order valence-electron chi connectivity index (χ4n) is 0.730. The van der Waals surface area contributed by atoms with Crippen LogP contribution in [0.5, 0.6) is 0 Å². The van der Waals surface area contributed by atoms with Gasteiger partial charge in [0, 0.05) is 11.8 Å². The van der Waals surface area contributed by atoms with Gasteiger partial charge >= 0.3 is 5.97 Å². The molecule has 0 radical (unpaired) electrons. The van der Waals surface area contributed by atoms with E-state index in [4.69, 9.17) is 28.3 Å². The van der Waals surface area contributed by atoms with Crippen LogP contribution in [-0.4, -0.2) is 16.1 Å². The van der Waals surface area contributed by atoms with Crippen molar-refractivity contribution >= 4 is 29.2 Å². The van der Waals surface area contributed by atoms with Gasteiger partial charge in [0.25, 0.3) is 0 Å². The molecule has 0 saturated carbocycles. The minimum Gasteiger partial charge on any atom is -0.481 e. The lowest BCUT2D eigenvalue weighted by molar-refractivity contribution is -0.135. The van der Waals surface area contributed by atoms with Gasteiger partial charge in [0.05, 0.1) is 5.02 Å². The van der Waals surface area contributed by atoms with E-state index in [0.29, 0.717) is 5.56 Å². The van der Waals surface area contributed by atoms with Crippen molar-refractivity contribution in [1.82, 2.24) is 4.98 Å². The molecule has 0 aromatic carbocycles. The average Bonchev–Trinajstić information content (AvgIpc) is 2.12. The highest BCUT2D eigenvalue weighted by Crippen LogP contribution is 2.22. The van der Waals surface area contributed by atoms with Crippen LogP contribution in [0.2, 0.25) is 10.2 Å². The van der Waals surface area contributed by atoms with Crippen LogP contribution in [0.4, 0.5) is 0 Å². The van der Waals surface area contributed by atoms with E-state index in [1.165, 1.54) is 6.20 Å². The van der Waals surface area contributed by atoms with Gasteiger partial charge in [0.2, 0.25) is 0 Å². The molecular weight excluding hydrogens is 225 g/mol. The summed E-state index contributed by atoms with van der Waals surface area (Å²) >= 11 is 11.4. The minimum absolute atomic E-state index is 0.161. The normalized spacial score (nSPS) is 9.00. The molecule has 1 aromatic rings. The summed E-state index contributed by atoms with van der Waals surface area (Å²) in [6.45, 7) is 0. The smallest absolute Gasteiger partial charge is 0.315 e. The highest BCUT2D eigenvalue weighted by molar-refractivity contribution is 6.41. The summed E-state index contributed by atoms with van der Waals surface area (Å²) in [7, 11) is 0. The van der Waals surface area contributed by atoms with Gasteiger partial charge in [-0.3, -0.25) is 4.79 Å². The first-order chi connectivity index (χ1) is 6.61. The van der Waals surface area contributed by atoms with Gasteiger partial charge in [-0.2, -0.15) is 0 Å². The molecule has 0 saturated heterocycles. The second kappa shape index (κ2) is 4.85. The Morgan fingerprint density at radius 3 is 2.93 bits per heavy atom. The molecule has 0 spiro atoms. The monoisotopic (exact) mass is 229 g/mol. The molecule has 72 valence electrons. The zero-order valence-electron chi connectivity index (χ0n) is 6.92. The fraction of sp³-hybridized carbons (Fsp3) is 0.111. The molecule has 3 nitrogen and oxygen atoms in total. The number of hydrogen-bond acceptors (Lipinski definition) is 2. The van der Waals surface area contributed by atoms with E-state index < -0.39 is 5.97 Å². The molecule has 0 aliphatic rings. The van der Waals surface area contributed by atoms with Crippen LogP contribution in [0, 0.1) is 11.8 Å². The molecule has 1 aromatic heterocycles. The molecule has 14 heavy (non-hydrogen) atoms. The second-order valence-electron chi connectivity index (χ2n) is 2.34. The van der Waals surface area contributed by atoms with Crippen molar-refractivity contribution in [3.8, 4) is 11.8 Å². The van der Waals surface area contributed by atoms with E-state index in [9.17, 15) is 4.79 Å². The molecule has 0 atom stereocenters. The number of pyridine rings is 1. The third-order valence-corrected chi connectivity index (χ3v) is 2.08. The maximum atomic E-state index is 10.2. The van der Waals surface area contributed by atoms with Gasteiger partial charge < -0.3 is 5.11 Å². The second-order valence-corrected chi connectivity index (χ2v) is 3.07. The predicted molar refractivity (Wildman–Crippen MR) is 53.4 cm³/mol. The fourth-order valence-corrected chi connectivity index (χ4v) is 1.05. The molecule has 0 amide bonds. The summed E-state index contributed by atoms with van der Waals surface area (Å²) in [6, 6.07) is 1.57. The number of nitrogens with zero attached hydrogens (tertiary/aromatic N) is 1. The van der Waals surface area contributed by atoms with Crippen molar-refractivity contribution in [2.75, 3.05) is 0 Å². The molecule has 1 heterocycles. The number of rotatable bonds is 1. The maximum absolute atomic E-state index is 10.2. The number of carbonyl (C=O) groups is 1. The standard InChI is InChI=1S/C9H5Cl2NO2/c10-8-6(2-1-3-7(13)14)4-5-12-9(8)11/h4-5H,3H2,(H,13,14). The highest BCUT2D eigenvalue weighted by atomic mass is 35.5. The Bertz CT molecular complexity index is 421. The van der Waals surface area contributed by atoms with Crippen molar-refractivity contribution in [3.05, 3.63) is 28.0 Å². The molecule has 0 unspecified atom stereocenters. The number of aromatic nitrogens is 1. The van der Waals surface area contributed by atoms with Crippen molar-refractivity contribution in [2.45, 2.75) is 6.42 Å². The van der Waals surface area contributed by atoms with E-state index >= 15 is 0 Å². The summed E-state index contributed by atoms with van der Waals surface area (Å²) in [4.78, 5) is 13.9. The van der Waals surface area contributed by atoms with Crippen molar-refractivity contribution in [1.29, 1.82) is 0 Å². The number of carboxylic acid groups (broad SMARTS) is 1. The molecule has 5 heteroatoms. The lowest BCUT2D eigenvalue weighted by atomic mass is 10.2. The summed E-state index contributed by atoms with van der Waals surface area (Å²) < 4.78 is 0. The van der Waals surface area contributed by atoms with Crippen LogP contribution in [0.15, 0.2) is 12.3 Å². The third-order valence-electron chi connectivity index (χ3n) is 1.31. The number of halogens is 2. The van der Waals surface area contributed by atoms with Gasteiger partial charge in [-0.05, 0) is 6.07 Å². The van der Waals surface area contributed by atoms with Crippen molar-refractivity contribution < 1.29 is 9.90 Å². The topological polar surface area (TPSA) is 50.2 Å². The van der Waals surface area contributed by atoms with Gasteiger partial charge in [0.1, 0.15) is 11.6 Å². The van der Waals surface area contributed by atoms with E-state index in [0.717, 1.165) is 0 Å². The minimum atomic E-state index is -0.978. The van der Waals surface area contributed by atoms with Crippen LogP contribution in [0.3, 0.4) is 0 Å². The Kier molecular flexibility index (Phi) is 3.75. The van der Waals surface area contributed by atoms with E-state index in [1.54, 1.807) is 6.07 Å². The van der Waals surface area contributed by atoms with Gasteiger partial charge in [-0.1, -0.05) is 35.0 Å². The van der Waals surface area contributed by atoms with E-state index in [1.807, 2.05) is 0 Å². The largest absolute Gasteiger partial charge is 0.481 e. The molecule has 0 bridgehead atoms. The van der Waals surface area contributed by atoms with E-state index in [-0.39, 0.29) is 16.6 Å². The average molecular weight is 230 g/mol. The first-order valence-electron chi connectivity index (χ1n) is 3.62. The zero-order valence-corrected chi connectivity index (χ0v) is 8.43.